The fourth-order valence-corrected chi connectivity index (χ4v) is 4.77. The molecule has 1 aliphatic heterocycles. The molecular formula is C18H29N3O. The minimum Gasteiger partial charge on any atom is -0.338 e. The van der Waals surface area contributed by atoms with E-state index in [1.54, 1.807) is 0 Å². The zero-order chi connectivity index (χ0) is 15.9. The van der Waals surface area contributed by atoms with E-state index in [0.717, 1.165) is 13.0 Å². The van der Waals surface area contributed by atoms with Crippen molar-refractivity contribution in [1.29, 1.82) is 0 Å². The number of amides is 1. The summed E-state index contributed by atoms with van der Waals surface area (Å²) in [6.45, 7) is 7.62. The Morgan fingerprint density at radius 1 is 1.41 bits per heavy atom. The van der Waals surface area contributed by atoms with Crippen LogP contribution in [0.2, 0.25) is 0 Å². The molecule has 4 nitrogen and oxygen atoms in total. The lowest BCUT2D eigenvalue weighted by atomic mass is 9.65. The molecule has 122 valence electrons. The van der Waals surface area contributed by atoms with Crippen molar-refractivity contribution in [2.75, 3.05) is 6.54 Å². The molecule has 22 heavy (non-hydrogen) atoms. The first kappa shape index (κ1) is 15.6. The summed E-state index contributed by atoms with van der Waals surface area (Å²) in [6.07, 6.45) is 8.67. The molecule has 3 rings (SSSR count). The van der Waals surface area contributed by atoms with Crippen molar-refractivity contribution in [2.24, 2.45) is 18.4 Å². The molecule has 1 saturated heterocycles. The second kappa shape index (κ2) is 5.71. The number of rotatable bonds is 4. The van der Waals surface area contributed by atoms with Crippen molar-refractivity contribution >= 4 is 5.91 Å². The predicted octanol–water partition coefficient (Wildman–Crippen LogP) is 3.09. The standard InChI is InChI=1S/C18H29N3O/c1-13(2)17-18(9-5-6-10-18)12-21(17)16(22)8-7-15-11-19-20(4)14(15)3/h11,13,17H,5-10,12H2,1-4H3. The van der Waals surface area contributed by atoms with Gasteiger partial charge in [-0.2, -0.15) is 5.10 Å². The first-order valence-corrected chi connectivity index (χ1v) is 8.71. The van der Waals surface area contributed by atoms with Crippen molar-refractivity contribution in [1.82, 2.24) is 14.7 Å². The Kier molecular flexibility index (Phi) is 4.04. The molecule has 2 heterocycles. The fourth-order valence-electron chi connectivity index (χ4n) is 4.77. The molecule has 1 unspecified atom stereocenters. The molecule has 1 amide bonds. The maximum atomic E-state index is 12.7. The number of aryl methyl sites for hydroxylation is 2. The van der Waals surface area contributed by atoms with E-state index in [9.17, 15) is 4.79 Å². The van der Waals surface area contributed by atoms with Gasteiger partial charge in [0.25, 0.3) is 0 Å². The van der Waals surface area contributed by atoms with Crippen molar-refractivity contribution in [2.45, 2.75) is 65.3 Å². The number of hydrogen-bond acceptors (Lipinski definition) is 2. The summed E-state index contributed by atoms with van der Waals surface area (Å²) in [7, 11) is 1.95. The number of carbonyl (C=O) groups is 1. The largest absolute Gasteiger partial charge is 0.338 e. The van der Waals surface area contributed by atoms with Crippen molar-refractivity contribution < 1.29 is 4.79 Å². The van der Waals surface area contributed by atoms with Crippen molar-refractivity contribution in [3.63, 3.8) is 0 Å². The van der Waals surface area contributed by atoms with Crippen LogP contribution in [0.25, 0.3) is 0 Å². The van der Waals surface area contributed by atoms with Gasteiger partial charge in [-0.15, -0.1) is 0 Å². The zero-order valence-corrected chi connectivity index (χ0v) is 14.4. The molecule has 2 fully saturated rings. The quantitative estimate of drug-likeness (QED) is 0.857. The topological polar surface area (TPSA) is 38.1 Å². The van der Waals surface area contributed by atoms with Crippen LogP contribution in [0, 0.1) is 18.3 Å². The summed E-state index contributed by atoms with van der Waals surface area (Å²) in [4.78, 5) is 14.8. The van der Waals surface area contributed by atoms with Crippen LogP contribution in [-0.2, 0) is 18.3 Å². The monoisotopic (exact) mass is 303 g/mol. The van der Waals surface area contributed by atoms with E-state index in [1.807, 2.05) is 17.9 Å². The third kappa shape index (κ3) is 2.46. The molecule has 1 aliphatic carbocycles. The highest BCUT2D eigenvalue weighted by atomic mass is 16.2. The van der Waals surface area contributed by atoms with E-state index in [2.05, 4.69) is 30.8 Å². The van der Waals surface area contributed by atoms with Crippen molar-refractivity contribution in [3.8, 4) is 0 Å². The van der Waals surface area contributed by atoms with Crippen LogP contribution in [0.15, 0.2) is 6.20 Å². The van der Waals surface area contributed by atoms with Crippen LogP contribution >= 0.6 is 0 Å². The number of hydrogen-bond donors (Lipinski definition) is 0. The van der Waals surface area contributed by atoms with Gasteiger partial charge in [-0.25, -0.2) is 0 Å². The van der Waals surface area contributed by atoms with Crippen LogP contribution in [0.1, 0.15) is 57.2 Å². The van der Waals surface area contributed by atoms with Crippen molar-refractivity contribution in [3.05, 3.63) is 17.5 Å². The third-order valence-electron chi connectivity index (χ3n) is 5.94. The Labute approximate surface area is 133 Å². The molecule has 2 aliphatic rings. The minimum atomic E-state index is 0.333. The Morgan fingerprint density at radius 3 is 2.64 bits per heavy atom. The second-order valence-corrected chi connectivity index (χ2v) is 7.66. The average Bonchev–Trinajstić information content (AvgIpc) is 3.04. The summed E-state index contributed by atoms with van der Waals surface area (Å²) >= 11 is 0. The maximum absolute atomic E-state index is 12.7. The molecular weight excluding hydrogens is 274 g/mol. The van der Waals surface area contributed by atoms with Gasteiger partial charge in [0.2, 0.25) is 5.91 Å². The number of nitrogens with zero attached hydrogens (tertiary/aromatic N) is 3. The van der Waals surface area contributed by atoms with Gasteiger partial charge >= 0.3 is 0 Å². The van der Waals surface area contributed by atoms with Gasteiger partial charge < -0.3 is 4.90 Å². The van der Waals surface area contributed by atoms with Crippen LogP contribution in [0.5, 0.6) is 0 Å². The number of carbonyl (C=O) groups excluding carboxylic acids is 1. The van der Waals surface area contributed by atoms with Gasteiger partial charge in [-0.3, -0.25) is 9.48 Å². The highest BCUT2D eigenvalue weighted by molar-refractivity contribution is 5.78. The van der Waals surface area contributed by atoms with Gasteiger partial charge in [0.15, 0.2) is 0 Å². The lowest BCUT2D eigenvalue weighted by Crippen LogP contribution is -2.67. The molecule has 1 aromatic heterocycles. The minimum absolute atomic E-state index is 0.333. The van der Waals surface area contributed by atoms with E-state index in [-0.39, 0.29) is 0 Å². The van der Waals surface area contributed by atoms with E-state index in [1.165, 1.54) is 36.9 Å². The molecule has 4 heteroatoms. The van der Waals surface area contributed by atoms with E-state index in [4.69, 9.17) is 0 Å². The lowest BCUT2D eigenvalue weighted by Gasteiger charge is -2.58. The first-order valence-electron chi connectivity index (χ1n) is 8.71. The normalized spacial score (nSPS) is 23.3. The van der Waals surface area contributed by atoms with E-state index in [0.29, 0.717) is 29.7 Å². The SMILES string of the molecule is Cc1c(CCC(=O)N2CC3(CCCC3)C2C(C)C)cnn1C. The maximum Gasteiger partial charge on any atom is 0.223 e. The van der Waals surface area contributed by atoms with E-state index < -0.39 is 0 Å². The highest BCUT2D eigenvalue weighted by Gasteiger charge is 2.55. The average molecular weight is 303 g/mol. The van der Waals surface area contributed by atoms with Crippen LogP contribution in [0.3, 0.4) is 0 Å². The molecule has 0 bridgehead atoms. The lowest BCUT2D eigenvalue weighted by molar-refractivity contribution is -0.159. The Hall–Kier alpha value is -1.32. The summed E-state index contributed by atoms with van der Waals surface area (Å²) in [5, 5.41) is 4.27. The second-order valence-electron chi connectivity index (χ2n) is 7.66. The molecule has 1 spiro atoms. The summed E-state index contributed by atoms with van der Waals surface area (Å²) < 4.78 is 1.88. The van der Waals surface area contributed by atoms with Gasteiger partial charge in [0, 0.05) is 37.2 Å². The molecule has 1 saturated carbocycles. The summed E-state index contributed by atoms with van der Waals surface area (Å²) in [6, 6.07) is 0.470. The van der Waals surface area contributed by atoms with Crippen LogP contribution < -0.4 is 0 Å². The van der Waals surface area contributed by atoms with Crippen LogP contribution in [0.4, 0.5) is 0 Å². The molecule has 0 aromatic carbocycles. The van der Waals surface area contributed by atoms with Gasteiger partial charge in [-0.1, -0.05) is 26.7 Å². The Balaban J connectivity index is 1.62. The third-order valence-corrected chi connectivity index (χ3v) is 5.94. The van der Waals surface area contributed by atoms with Gasteiger partial charge in [0.05, 0.1) is 6.20 Å². The summed E-state index contributed by atoms with van der Waals surface area (Å²) in [5.74, 6) is 0.899. The summed E-state index contributed by atoms with van der Waals surface area (Å²) in [5.41, 5.74) is 2.82. The first-order chi connectivity index (χ1) is 10.4. The Morgan fingerprint density at radius 2 is 2.09 bits per heavy atom. The number of aromatic nitrogens is 2. The smallest absolute Gasteiger partial charge is 0.223 e. The Bertz CT molecular complexity index is 555. The molecule has 1 aromatic rings. The van der Waals surface area contributed by atoms with Gasteiger partial charge in [-0.05, 0) is 37.7 Å². The molecule has 0 N–H and O–H groups in total. The number of likely N-dealkylation sites (tertiary alicyclic amines) is 1. The molecule has 0 radical (unpaired) electrons. The fraction of sp³-hybridized carbons (Fsp3) is 0.778. The highest BCUT2D eigenvalue weighted by Crippen LogP contribution is 2.53. The van der Waals surface area contributed by atoms with Crippen LogP contribution in [-0.4, -0.2) is 33.2 Å². The van der Waals surface area contributed by atoms with E-state index >= 15 is 0 Å². The predicted molar refractivity (Wildman–Crippen MR) is 87.5 cm³/mol. The zero-order valence-electron chi connectivity index (χ0n) is 14.4. The van der Waals surface area contributed by atoms with Gasteiger partial charge in [0.1, 0.15) is 0 Å². The molecule has 1 atom stereocenters.